The summed E-state index contributed by atoms with van der Waals surface area (Å²) in [6.45, 7) is 4.84. The molecule has 7 nitrogen and oxygen atoms in total. The summed E-state index contributed by atoms with van der Waals surface area (Å²) in [5, 5.41) is 11.3. The standard InChI is InChI=1S/C18H30N4O3S.ClH/c1-4-13(2)15(22(12-23)14-8-6-5-7-9-14)16(24)17-20-21-18(25-17)26-11-10-19-3;/h12-15,19H,4-11H2,1-3H3;1H/t13-,15-;/m0./s1. The normalized spacial score (nSPS) is 17.0. The van der Waals surface area contributed by atoms with Gasteiger partial charge >= 0.3 is 0 Å². The minimum absolute atomic E-state index is 0. The lowest BCUT2D eigenvalue weighted by Gasteiger charge is -2.38. The average molecular weight is 419 g/mol. The van der Waals surface area contributed by atoms with E-state index in [-0.39, 0.29) is 36.0 Å². The van der Waals surface area contributed by atoms with Crippen molar-refractivity contribution >= 4 is 36.4 Å². The van der Waals surface area contributed by atoms with Crippen molar-refractivity contribution in [1.29, 1.82) is 0 Å². The van der Waals surface area contributed by atoms with Crippen LogP contribution in [0.3, 0.4) is 0 Å². The van der Waals surface area contributed by atoms with Crippen LogP contribution >= 0.6 is 24.2 Å². The number of rotatable bonds is 11. The molecule has 1 aromatic rings. The Labute approximate surface area is 171 Å². The molecule has 0 unspecified atom stereocenters. The topological polar surface area (TPSA) is 88.3 Å². The SMILES string of the molecule is CC[C@H](C)[C@@H](C(=O)c1nnc(SCCNC)o1)N(C=O)C1CCCCC1.Cl. The van der Waals surface area contributed by atoms with Gasteiger partial charge in [-0.3, -0.25) is 9.59 Å². The zero-order valence-electron chi connectivity index (χ0n) is 16.3. The lowest BCUT2D eigenvalue weighted by Crippen LogP contribution is -2.50. The highest BCUT2D eigenvalue weighted by Gasteiger charge is 2.37. The Morgan fingerprint density at radius 1 is 1.37 bits per heavy atom. The van der Waals surface area contributed by atoms with Gasteiger partial charge in [-0.2, -0.15) is 0 Å². The smallest absolute Gasteiger partial charge is 0.286 e. The van der Waals surface area contributed by atoms with E-state index in [9.17, 15) is 9.59 Å². The maximum absolute atomic E-state index is 13.1. The summed E-state index contributed by atoms with van der Waals surface area (Å²) in [6, 6.07) is -0.423. The van der Waals surface area contributed by atoms with E-state index in [1.54, 1.807) is 4.90 Å². The Morgan fingerprint density at radius 2 is 2.07 bits per heavy atom. The first-order valence-electron chi connectivity index (χ1n) is 9.50. The molecule has 1 aromatic heterocycles. The van der Waals surface area contributed by atoms with Gasteiger partial charge in [0.2, 0.25) is 12.2 Å². The molecule has 27 heavy (non-hydrogen) atoms. The number of halogens is 1. The summed E-state index contributed by atoms with van der Waals surface area (Å²) in [4.78, 5) is 26.7. The van der Waals surface area contributed by atoms with Gasteiger partial charge in [0.05, 0.1) is 0 Å². The molecule has 0 bridgehead atoms. The van der Waals surface area contributed by atoms with E-state index >= 15 is 0 Å². The van der Waals surface area contributed by atoms with Gasteiger partial charge in [-0.25, -0.2) is 0 Å². The van der Waals surface area contributed by atoms with Crippen molar-refractivity contribution in [2.75, 3.05) is 19.3 Å². The number of thioether (sulfide) groups is 1. The summed E-state index contributed by atoms with van der Waals surface area (Å²) in [7, 11) is 1.87. The highest BCUT2D eigenvalue weighted by Crippen LogP contribution is 2.28. The van der Waals surface area contributed by atoms with Crippen molar-refractivity contribution in [3.63, 3.8) is 0 Å². The molecule has 1 saturated carbocycles. The van der Waals surface area contributed by atoms with Gasteiger partial charge in [0, 0.05) is 18.3 Å². The van der Waals surface area contributed by atoms with Crippen LogP contribution in [0, 0.1) is 5.92 Å². The number of nitrogens with zero attached hydrogens (tertiary/aromatic N) is 3. The number of carbonyl (C=O) groups is 2. The van der Waals surface area contributed by atoms with E-state index in [4.69, 9.17) is 4.42 Å². The highest BCUT2D eigenvalue weighted by molar-refractivity contribution is 7.99. The lowest BCUT2D eigenvalue weighted by atomic mass is 9.88. The number of ketones is 1. The maximum atomic E-state index is 13.1. The molecule has 0 aromatic carbocycles. The van der Waals surface area contributed by atoms with Gasteiger partial charge in [0.1, 0.15) is 6.04 Å². The van der Waals surface area contributed by atoms with E-state index in [0.29, 0.717) is 5.22 Å². The van der Waals surface area contributed by atoms with E-state index in [1.807, 2.05) is 20.9 Å². The van der Waals surface area contributed by atoms with Crippen molar-refractivity contribution in [3.8, 4) is 0 Å². The number of hydrogen-bond donors (Lipinski definition) is 1. The summed E-state index contributed by atoms with van der Waals surface area (Å²) in [6.07, 6.45) is 6.94. The van der Waals surface area contributed by atoms with Crippen molar-refractivity contribution in [2.45, 2.75) is 69.7 Å². The van der Waals surface area contributed by atoms with Crippen LogP contribution in [0.1, 0.15) is 63.1 Å². The van der Waals surface area contributed by atoms with E-state index < -0.39 is 6.04 Å². The maximum Gasteiger partial charge on any atom is 0.286 e. The minimum Gasteiger partial charge on any atom is -0.408 e. The van der Waals surface area contributed by atoms with Crippen molar-refractivity contribution in [2.24, 2.45) is 5.92 Å². The van der Waals surface area contributed by atoms with Crippen LogP contribution < -0.4 is 5.32 Å². The molecule has 1 aliphatic carbocycles. The molecule has 154 valence electrons. The first kappa shape index (κ1) is 23.9. The second kappa shape index (κ2) is 12.4. The Kier molecular flexibility index (Phi) is 10.9. The number of carbonyl (C=O) groups excluding carboxylic acids is 2. The Bertz CT molecular complexity index is 581. The highest BCUT2D eigenvalue weighted by atomic mass is 35.5. The predicted octanol–water partition coefficient (Wildman–Crippen LogP) is 3.19. The van der Waals surface area contributed by atoms with Gasteiger partial charge < -0.3 is 14.6 Å². The van der Waals surface area contributed by atoms with Crippen molar-refractivity contribution in [3.05, 3.63) is 5.89 Å². The van der Waals surface area contributed by atoms with Crippen LogP contribution in [-0.2, 0) is 4.79 Å². The molecule has 1 aliphatic rings. The molecule has 0 saturated heterocycles. The average Bonchev–Trinajstić information content (AvgIpc) is 3.15. The fourth-order valence-electron chi connectivity index (χ4n) is 3.40. The van der Waals surface area contributed by atoms with E-state index in [1.165, 1.54) is 18.2 Å². The number of aromatic nitrogens is 2. The molecule has 1 heterocycles. The third kappa shape index (κ3) is 6.47. The van der Waals surface area contributed by atoms with Crippen LogP contribution in [0.2, 0.25) is 0 Å². The molecule has 0 aliphatic heterocycles. The summed E-state index contributed by atoms with van der Waals surface area (Å²) in [5.41, 5.74) is 0. The molecule has 2 atom stereocenters. The zero-order valence-corrected chi connectivity index (χ0v) is 18.0. The zero-order chi connectivity index (χ0) is 18.9. The molecule has 0 spiro atoms. The molecule has 1 amide bonds. The second-order valence-corrected chi connectivity index (χ2v) is 7.91. The third-order valence-electron chi connectivity index (χ3n) is 5.09. The van der Waals surface area contributed by atoms with Gasteiger partial charge in [-0.05, 0) is 25.8 Å². The lowest BCUT2D eigenvalue weighted by molar-refractivity contribution is -0.123. The van der Waals surface area contributed by atoms with E-state index in [0.717, 1.165) is 50.8 Å². The van der Waals surface area contributed by atoms with Crippen LogP contribution in [0.5, 0.6) is 0 Å². The van der Waals surface area contributed by atoms with Crippen molar-refractivity contribution < 1.29 is 14.0 Å². The van der Waals surface area contributed by atoms with Gasteiger partial charge in [0.25, 0.3) is 11.1 Å². The van der Waals surface area contributed by atoms with Gasteiger partial charge in [-0.15, -0.1) is 22.6 Å². The van der Waals surface area contributed by atoms with Gasteiger partial charge in [-0.1, -0.05) is 51.3 Å². The summed E-state index contributed by atoms with van der Waals surface area (Å²) in [5.74, 6) is 0.570. The van der Waals surface area contributed by atoms with Crippen molar-refractivity contribution in [1.82, 2.24) is 20.4 Å². The Morgan fingerprint density at radius 3 is 2.67 bits per heavy atom. The van der Waals surface area contributed by atoms with Gasteiger partial charge in [0.15, 0.2) is 0 Å². The third-order valence-corrected chi connectivity index (χ3v) is 5.91. The van der Waals surface area contributed by atoms with Crippen LogP contribution in [0.15, 0.2) is 9.64 Å². The fraction of sp³-hybridized carbons (Fsp3) is 0.778. The quantitative estimate of drug-likeness (QED) is 0.255. The molecular formula is C18H31ClN4O3S. The van der Waals surface area contributed by atoms with Crippen LogP contribution in [0.4, 0.5) is 0 Å². The largest absolute Gasteiger partial charge is 0.408 e. The monoisotopic (exact) mass is 418 g/mol. The molecule has 0 radical (unpaired) electrons. The summed E-state index contributed by atoms with van der Waals surface area (Å²) >= 11 is 1.41. The Hall–Kier alpha value is -1.12. The minimum atomic E-state index is -0.545. The first-order chi connectivity index (χ1) is 12.6. The number of Topliss-reactive ketones (excluding diaryl/α,β-unsaturated/α-hetero) is 1. The summed E-state index contributed by atoms with van der Waals surface area (Å²) < 4.78 is 5.57. The molecule has 1 N–H and O–H groups in total. The van der Waals surface area contributed by atoms with Crippen LogP contribution in [-0.4, -0.2) is 58.7 Å². The van der Waals surface area contributed by atoms with Crippen LogP contribution in [0.25, 0.3) is 0 Å². The fourth-order valence-corrected chi connectivity index (χ4v) is 4.12. The molecular weight excluding hydrogens is 388 g/mol. The Balaban J connectivity index is 0.00000364. The molecule has 1 fully saturated rings. The number of nitrogens with one attached hydrogen (secondary N) is 1. The molecule has 9 heteroatoms. The predicted molar refractivity (Wildman–Crippen MR) is 109 cm³/mol. The van der Waals surface area contributed by atoms with E-state index in [2.05, 4.69) is 15.5 Å². The second-order valence-electron chi connectivity index (χ2n) is 6.86. The first-order valence-corrected chi connectivity index (χ1v) is 10.5. The molecule has 2 rings (SSSR count). The number of hydrogen-bond acceptors (Lipinski definition) is 7. The number of amides is 1.